The van der Waals surface area contributed by atoms with Crippen molar-refractivity contribution in [3.63, 3.8) is 0 Å². The molecule has 0 spiro atoms. The van der Waals surface area contributed by atoms with Gasteiger partial charge in [-0.3, -0.25) is 9.69 Å². The predicted molar refractivity (Wildman–Crippen MR) is 133 cm³/mol. The lowest BCUT2D eigenvalue weighted by atomic mass is 9.91. The van der Waals surface area contributed by atoms with Gasteiger partial charge in [-0.1, -0.05) is 60.7 Å². The molecule has 3 N–H and O–H groups in total. The van der Waals surface area contributed by atoms with Crippen LogP contribution in [0.5, 0.6) is 5.75 Å². The van der Waals surface area contributed by atoms with E-state index in [-0.39, 0.29) is 11.9 Å². The van der Waals surface area contributed by atoms with Crippen molar-refractivity contribution in [1.29, 1.82) is 0 Å². The van der Waals surface area contributed by atoms with Gasteiger partial charge in [-0.25, -0.2) is 0 Å². The quantitative estimate of drug-likeness (QED) is 0.486. The summed E-state index contributed by atoms with van der Waals surface area (Å²) in [4.78, 5) is 15.3. The Morgan fingerprint density at radius 1 is 1.00 bits per heavy atom. The van der Waals surface area contributed by atoms with Crippen LogP contribution in [-0.4, -0.2) is 37.0 Å². The molecule has 5 heteroatoms. The molecule has 0 unspecified atom stereocenters. The number of benzene rings is 3. The zero-order valence-corrected chi connectivity index (χ0v) is 19.2. The van der Waals surface area contributed by atoms with E-state index in [1.807, 2.05) is 6.92 Å². The number of likely N-dealkylation sites (tertiary alicyclic amines) is 1. The molecule has 5 nitrogen and oxygen atoms in total. The van der Waals surface area contributed by atoms with E-state index in [9.17, 15) is 4.79 Å². The number of anilines is 1. The SMILES string of the molecule is CCOc1ccc(N)c(C(=O)NCC2CCN(C(c3ccccc3)c3ccccc3)CC2)c1. The molecule has 1 aliphatic rings. The van der Waals surface area contributed by atoms with E-state index in [0.717, 1.165) is 25.9 Å². The second kappa shape index (κ2) is 11.0. The fourth-order valence-corrected chi connectivity index (χ4v) is 4.62. The number of carbonyl (C=O) groups is 1. The summed E-state index contributed by atoms with van der Waals surface area (Å²) in [5.41, 5.74) is 9.62. The van der Waals surface area contributed by atoms with Crippen molar-refractivity contribution in [2.75, 3.05) is 32.0 Å². The molecule has 0 bridgehead atoms. The molecule has 0 aromatic heterocycles. The lowest BCUT2D eigenvalue weighted by molar-refractivity contribution is 0.0931. The van der Waals surface area contributed by atoms with Crippen LogP contribution in [0.2, 0.25) is 0 Å². The number of nitrogens with one attached hydrogen (secondary N) is 1. The van der Waals surface area contributed by atoms with Gasteiger partial charge >= 0.3 is 0 Å². The number of hydrogen-bond donors (Lipinski definition) is 2. The molecular weight excluding hydrogens is 410 g/mol. The number of piperidine rings is 1. The molecule has 3 aromatic carbocycles. The minimum absolute atomic E-state index is 0.136. The first-order valence-corrected chi connectivity index (χ1v) is 11.8. The zero-order chi connectivity index (χ0) is 23.0. The van der Waals surface area contributed by atoms with Crippen LogP contribution in [0.15, 0.2) is 78.9 Å². The summed E-state index contributed by atoms with van der Waals surface area (Å²) < 4.78 is 5.51. The van der Waals surface area contributed by atoms with E-state index in [1.165, 1.54) is 11.1 Å². The van der Waals surface area contributed by atoms with Gasteiger partial charge in [0.15, 0.2) is 0 Å². The first-order chi connectivity index (χ1) is 16.2. The standard InChI is InChI=1S/C28H33N3O2/c1-2-33-24-13-14-26(29)25(19-24)28(32)30-20-21-15-17-31(18-16-21)27(22-9-5-3-6-10-22)23-11-7-4-8-12-23/h3-14,19,21,27H,2,15-18,20,29H2,1H3,(H,30,32). The minimum atomic E-state index is -0.136. The van der Waals surface area contributed by atoms with Crippen molar-refractivity contribution in [2.24, 2.45) is 5.92 Å². The normalized spacial score (nSPS) is 14.8. The molecule has 0 aliphatic carbocycles. The predicted octanol–water partition coefficient (Wildman–Crippen LogP) is 4.90. The lowest BCUT2D eigenvalue weighted by Gasteiger charge is -2.38. The second-order valence-electron chi connectivity index (χ2n) is 8.60. The summed E-state index contributed by atoms with van der Waals surface area (Å²) in [7, 11) is 0. The maximum absolute atomic E-state index is 12.8. The maximum Gasteiger partial charge on any atom is 0.253 e. The monoisotopic (exact) mass is 443 g/mol. The van der Waals surface area contributed by atoms with Gasteiger partial charge in [0.25, 0.3) is 5.91 Å². The van der Waals surface area contributed by atoms with E-state index < -0.39 is 0 Å². The Kier molecular flexibility index (Phi) is 7.63. The molecule has 3 aromatic rings. The van der Waals surface area contributed by atoms with Gasteiger partial charge in [0.05, 0.1) is 18.2 Å². The second-order valence-corrected chi connectivity index (χ2v) is 8.60. The summed E-state index contributed by atoms with van der Waals surface area (Å²) in [6.07, 6.45) is 2.09. The molecule has 0 saturated carbocycles. The Balaban J connectivity index is 1.36. The fraction of sp³-hybridized carbons (Fsp3) is 0.321. The Hall–Kier alpha value is -3.31. The number of nitrogens with zero attached hydrogens (tertiary/aromatic N) is 1. The highest BCUT2D eigenvalue weighted by molar-refractivity contribution is 5.99. The summed E-state index contributed by atoms with van der Waals surface area (Å²) in [6, 6.07) is 26.9. The Morgan fingerprint density at radius 2 is 1.61 bits per heavy atom. The third-order valence-electron chi connectivity index (χ3n) is 6.38. The highest BCUT2D eigenvalue weighted by Crippen LogP contribution is 2.32. The average Bonchev–Trinajstić information content (AvgIpc) is 2.86. The molecule has 4 rings (SSSR count). The first kappa shape index (κ1) is 22.9. The van der Waals surface area contributed by atoms with Crippen LogP contribution >= 0.6 is 0 Å². The molecule has 1 saturated heterocycles. The Morgan fingerprint density at radius 3 is 2.18 bits per heavy atom. The Labute approximate surface area is 196 Å². The molecule has 0 atom stereocenters. The van der Waals surface area contributed by atoms with Crippen LogP contribution < -0.4 is 15.8 Å². The number of nitrogen functional groups attached to an aromatic ring is 1. The van der Waals surface area contributed by atoms with Gasteiger partial charge < -0.3 is 15.8 Å². The van der Waals surface area contributed by atoms with Crippen LogP contribution in [0.1, 0.15) is 47.3 Å². The van der Waals surface area contributed by atoms with Crippen LogP contribution in [0.3, 0.4) is 0 Å². The van der Waals surface area contributed by atoms with Gasteiger partial charge in [-0.05, 0) is 68.1 Å². The first-order valence-electron chi connectivity index (χ1n) is 11.8. The van der Waals surface area contributed by atoms with Crippen LogP contribution in [0.4, 0.5) is 5.69 Å². The van der Waals surface area contributed by atoms with Crippen LogP contribution in [0, 0.1) is 5.92 Å². The largest absolute Gasteiger partial charge is 0.494 e. The summed E-state index contributed by atoms with van der Waals surface area (Å²) >= 11 is 0. The molecule has 1 amide bonds. The van der Waals surface area contributed by atoms with Crippen molar-refractivity contribution in [1.82, 2.24) is 10.2 Å². The molecule has 1 fully saturated rings. The van der Waals surface area contributed by atoms with Crippen molar-refractivity contribution in [2.45, 2.75) is 25.8 Å². The van der Waals surface area contributed by atoms with E-state index >= 15 is 0 Å². The van der Waals surface area contributed by atoms with Crippen molar-refractivity contribution >= 4 is 11.6 Å². The molecule has 1 heterocycles. The number of ether oxygens (including phenoxy) is 1. The third kappa shape index (κ3) is 5.74. The highest BCUT2D eigenvalue weighted by Gasteiger charge is 2.27. The number of hydrogen-bond acceptors (Lipinski definition) is 4. The summed E-state index contributed by atoms with van der Waals surface area (Å²) in [6.45, 7) is 5.12. The summed E-state index contributed by atoms with van der Waals surface area (Å²) in [5, 5.41) is 3.09. The summed E-state index contributed by atoms with van der Waals surface area (Å²) in [5.74, 6) is 0.981. The lowest BCUT2D eigenvalue weighted by Crippen LogP contribution is -2.40. The molecule has 1 aliphatic heterocycles. The number of carbonyl (C=O) groups excluding carboxylic acids is 1. The van der Waals surface area contributed by atoms with E-state index in [4.69, 9.17) is 10.5 Å². The maximum atomic E-state index is 12.8. The molecule has 172 valence electrons. The smallest absolute Gasteiger partial charge is 0.253 e. The van der Waals surface area contributed by atoms with Crippen LogP contribution in [0.25, 0.3) is 0 Å². The highest BCUT2D eigenvalue weighted by atomic mass is 16.5. The minimum Gasteiger partial charge on any atom is -0.494 e. The number of nitrogens with two attached hydrogens (primary N) is 1. The Bertz CT molecular complexity index is 992. The zero-order valence-electron chi connectivity index (χ0n) is 19.2. The number of amides is 1. The fourth-order valence-electron chi connectivity index (χ4n) is 4.62. The van der Waals surface area contributed by atoms with E-state index in [2.05, 4.69) is 70.9 Å². The molecular formula is C28H33N3O2. The van der Waals surface area contributed by atoms with Crippen LogP contribution in [-0.2, 0) is 0 Å². The molecule has 33 heavy (non-hydrogen) atoms. The van der Waals surface area contributed by atoms with Gasteiger partial charge in [0, 0.05) is 12.2 Å². The van der Waals surface area contributed by atoms with Gasteiger partial charge in [-0.15, -0.1) is 0 Å². The van der Waals surface area contributed by atoms with Gasteiger partial charge in [-0.2, -0.15) is 0 Å². The van der Waals surface area contributed by atoms with Crippen molar-refractivity contribution in [3.8, 4) is 5.75 Å². The van der Waals surface area contributed by atoms with Gasteiger partial charge in [0.2, 0.25) is 0 Å². The van der Waals surface area contributed by atoms with Gasteiger partial charge in [0.1, 0.15) is 5.75 Å². The average molecular weight is 444 g/mol. The number of rotatable bonds is 8. The van der Waals surface area contributed by atoms with Crippen molar-refractivity contribution < 1.29 is 9.53 Å². The van der Waals surface area contributed by atoms with Crippen molar-refractivity contribution in [3.05, 3.63) is 95.6 Å². The van der Waals surface area contributed by atoms with E-state index in [0.29, 0.717) is 36.1 Å². The topological polar surface area (TPSA) is 67.6 Å². The van der Waals surface area contributed by atoms with E-state index in [1.54, 1.807) is 18.2 Å². The third-order valence-corrected chi connectivity index (χ3v) is 6.38. The molecule has 0 radical (unpaired) electrons.